The van der Waals surface area contributed by atoms with Gasteiger partial charge in [-0.05, 0) is 30.0 Å². The van der Waals surface area contributed by atoms with Gasteiger partial charge in [-0.15, -0.1) is 0 Å². The first-order valence-corrected chi connectivity index (χ1v) is 5.07. The molecular formula is C11H12ClNO. The van der Waals surface area contributed by atoms with Gasteiger partial charge in [-0.2, -0.15) is 0 Å². The Morgan fingerprint density at radius 1 is 1.57 bits per heavy atom. The second-order valence-electron chi connectivity index (χ2n) is 3.62. The van der Waals surface area contributed by atoms with Gasteiger partial charge < -0.3 is 5.32 Å². The Hall–Kier alpha value is -1.02. The van der Waals surface area contributed by atoms with E-state index in [0.717, 1.165) is 11.4 Å². The van der Waals surface area contributed by atoms with E-state index in [1.165, 1.54) is 5.56 Å². The van der Waals surface area contributed by atoms with E-state index < -0.39 is 0 Å². The maximum Gasteiger partial charge on any atom is 0.223 e. The molecule has 1 amide bonds. The molecule has 2 unspecified atom stereocenters. The minimum absolute atomic E-state index is 0.134. The van der Waals surface area contributed by atoms with Gasteiger partial charge in [-0.25, -0.2) is 0 Å². The molecule has 1 N–H and O–H groups in total. The summed E-state index contributed by atoms with van der Waals surface area (Å²) in [4.78, 5) is 11.3. The quantitative estimate of drug-likeness (QED) is 0.795. The summed E-state index contributed by atoms with van der Waals surface area (Å²) in [6.45, 7) is 0. The number of nitrogens with one attached hydrogen (secondary N) is 1. The third kappa shape index (κ3) is 1.75. The van der Waals surface area contributed by atoms with Crippen molar-refractivity contribution in [2.75, 3.05) is 7.05 Å². The minimum atomic E-state index is 0.134. The van der Waals surface area contributed by atoms with Crippen molar-refractivity contribution < 1.29 is 4.79 Å². The smallest absolute Gasteiger partial charge is 0.223 e. The Morgan fingerprint density at radius 3 is 3.00 bits per heavy atom. The molecule has 1 aromatic carbocycles. The molecule has 1 aliphatic rings. The largest absolute Gasteiger partial charge is 0.359 e. The molecule has 0 saturated heterocycles. The summed E-state index contributed by atoms with van der Waals surface area (Å²) in [7, 11) is 1.68. The Labute approximate surface area is 88.3 Å². The monoisotopic (exact) mass is 209 g/mol. The summed E-state index contributed by atoms with van der Waals surface area (Å²) < 4.78 is 0. The molecule has 3 heteroatoms. The zero-order valence-electron chi connectivity index (χ0n) is 7.96. The number of rotatable bonds is 2. The van der Waals surface area contributed by atoms with Crippen LogP contribution in [0.25, 0.3) is 0 Å². The zero-order valence-corrected chi connectivity index (χ0v) is 8.71. The summed E-state index contributed by atoms with van der Waals surface area (Å²) in [5.41, 5.74) is 1.17. The Balaban J connectivity index is 2.09. The number of carbonyl (C=O) groups excluding carboxylic acids is 1. The average molecular weight is 210 g/mol. The highest BCUT2D eigenvalue weighted by atomic mass is 35.5. The molecule has 74 valence electrons. The van der Waals surface area contributed by atoms with Crippen molar-refractivity contribution in [3.63, 3.8) is 0 Å². The van der Waals surface area contributed by atoms with Crippen LogP contribution in [0.5, 0.6) is 0 Å². The molecule has 0 heterocycles. The van der Waals surface area contributed by atoms with Crippen LogP contribution in [0.15, 0.2) is 24.3 Å². The van der Waals surface area contributed by atoms with E-state index in [4.69, 9.17) is 11.6 Å². The van der Waals surface area contributed by atoms with E-state index in [1.54, 1.807) is 7.05 Å². The van der Waals surface area contributed by atoms with Gasteiger partial charge in [-0.1, -0.05) is 23.7 Å². The number of carbonyl (C=O) groups is 1. The Bertz CT molecular complexity index is 364. The highest BCUT2D eigenvalue weighted by molar-refractivity contribution is 6.30. The van der Waals surface area contributed by atoms with Crippen LogP contribution in [0.1, 0.15) is 17.9 Å². The maximum atomic E-state index is 11.3. The standard InChI is InChI=1S/C11H12ClNO/c1-13-11(14)10-6-9(10)7-3-2-4-8(12)5-7/h2-5,9-10H,6H2,1H3,(H,13,14). The highest BCUT2D eigenvalue weighted by Gasteiger charge is 2.43. The maximum absolute atomic E-state index is 11.3. The lowest BCUT2D eigenvalue weighted by atomic mass is 10.1. The summed E-state index contributed by atoms with van der Waals surface area (Å²) in [6.07, 6.45) is 0.944. The number of hydrogen-bond acceptors (Lipinski definition) is 1. The van der Waals surface area contributed by atoms with Crippen molar-refractivity contribution in [3.05, 3.63) is 34.9 Å². The molecule has 14 heavy (non-hydrogen) atoms. The zero-order chi connectivity index (χ0) is 10.1. The van der Waals surface area contributed by atoms with Gasteiger partial charge in [0, 0.05) is 18.0 Å². The van der Waals surface area contributed by atoms with Gasteiger partial charge in [0.15, 0.2) is 0 Å². The van der Waals surface area contributed by atoms with Crippen LogP contribution in [0.3, 0.4) is 0 Å². The molecule has 1 aliphatic carbocycles. The summed E-state index contributed by atoms with van der Waals surface area (Å²) >= 11 is 5.88. The average Bonchev–Trinajstić information content (AvgIpc) is 2.96. The van der Waals surface area contributed by atoms with E-state index in [0.29, 0.717) is 5.92 Å². The second kappa shape index (κ2) is 3.62. The van der Waals surface area contributed by atoms with E-state index >= 15 is 0 Å². The van der Waals surface area contributed by atoms with Gasteiger partial charge in [0.2, 0.25) is 5.91 Å². The van der Waals surface area contributed by atoms with Crippen LogP contribution in [0.4, 0.5) is 0 Å². The van der Waals surface area contributed by atoms with Gasteiger partial charge >= 0.3 is 0 Å². The lowest BCUT2D eigenvalue weighted by molar-refractivity contribution is -0.121. The van der Waals surface area contributed by atoms with Crippen LogP contribution < -0.4 is 5.32 Å². The second-order valence-corrected chi connectivity index (χ2v) is 4.05. The van der Waals surface area contributed by atoms with Gasteiger partial charge in [0.25, 0.3) is 0 Å². The van der Waals surface area contributed by atoms with Crippen LogP contribution in [0, 0.1) is 5.92 Å². The third-order valence-electron chi connectivity index (χ3n) is 2.65. The molecule has 1 aromatic rings. The fourth-order valence-corrected chi connectivity index (χ4v) is 1.97. The molecule has 1 saturated carbocycles. The van der Waals surface area contributed by atoms with Crippen LogP contribution in [-0.4, -0.2) is 13.0 Å². The lowest BCUT2D eigenvalue weighted by Gasteiger charge is -2.00. The molecule has 2 rings (SSSR count). The molecule has 0 spiro atoms. The van der Waals surface area contributed by atoms with E-state index in [2.05, 4.69) is 5.32 Å². The number of halogens is 1. The van der Waals surface area contributed by atoms with Crippen molar-refractivity contribution in [2.24, 2.45) is 5.92 Å². The molecular weight excluding hydrogens is 198 g/mol. The molecule has 0 aliphatic heterocycles. The summed E-state index contributed by atoms with van der Waals surface area (Å²) in [6, 6.07) is 7.74. The predicted molar refractivity (Wildman–Crippen MR) is 56.4 cm³/mol. The van der Waals surface area contributed by atoms with Gasteiger partial charge in [0.1, 0.15) is 0 Å². The SMILES string of the molecule is CNC(=O)C1CC1c1cccc(Cl)c1. The van der Waals surface area contributed by atoms with E-state index in [1.807, 2.05) is 24.3 Å². The fourth-order valence-electron chi connectivity index (χ4n) is 1.78. The number of amides is 1. The molecule has 1 fully saturated rings. The lowest BCUT2D eigenvalue weighted by Crippen LogP contribution is -2.20. The topological polar surface area (TPSA) is 29.1 Å². The predicted octanol–water partition coefficient (Wildman–Crippen LogP) is 2.19. The Kier molecular flexibility index (Phi) is 2.46. The van der Waals surface area contributed by atoms with Crippen molar-refractivity contribution in [2.45, 2.75) is 12.3 Å². The normalized spacial score (nSPS) is 24.4. The van der Waals surface area contributed by atoms with Crippen molar-refractivity contribution in [3.8, 4) is 0 Å². The first-order valence-electron chi connectivity index (χ1n) is 4.69. The fraction of sp³-hybridized carbons (Fsp3) is 0.364. The molecule has 2 atom stereocenters. The molecule has 0 aromatic heterocycles. The van der Waals surface area contributed by atoms with Gasteiger partial charge in [-0.3, -0.25) is 4.79 Å². The Morgan fingerprint density at radius 2 is 2.36 bits per heavy atom. The minimum Gasteiger partial charge on any atom is -0.359 e. The first kappa shape index (κ1) is 9.53. The third-order valence-corrected chi connectivity index (χ3v) is 2.89. The number of benzene rings is 1. The highest BCUT2D eigenvalue weighted by Crippen LogP contribution is 2.47. The van der Waals surface area contributed by atoms with E-state index in [9.17, 15) is 4.79 Å². The molecule has 2 nitrogen and oxygen atoms in total. The molecule has 0 radical (unpaired) electrons. The van der Waals surface area contributed by atoms with Crippen molar-refractivity contribution in [1.29, 1.82) is 0 Å². The first-order chi connectivity index (χ1) is 6.72. The summed E-state index contributed by atoms with van der Waals surface area (Å²) in [5.74, 6) is 0.655. The summed E-state index contributed by atoms with van der Waals surface area (Å²) in [5, 5.41) is 3.41. The molecule has 0 bridgehead atoms. The van der Waals surface area contributed by atoms with Crippen molar-refractivity contribution >= 4 is 17.5 Å². The number of hydrogen-bond donors (Lipinski definition) is 1. The van der Waals surface area contributed by atoms with Crippen LogP contribution >= 0.6 is 11.6 Å². The van der Waals surface area contributed by atoms with Crippen molar-refractivity contribution in [1.82, 2.24) is 5.32 Å². The van der Waals surface area contributed by atoms with Gasteiger partial charge in [0.05, 0.1) is 0 Å². The van der Waals surface area contributed by atoms with Crippen LogP contribution in [0.2, 0.25) is 5.02 Å². The van der Waals surface area contributed by atoms with E-state index in [-0.39, 0.29) is 11.8 Å². The van der Waals surface area contributed by atoms with Crippen LogP contribution in [-0.2, 0) is 4.79 Å².